The minimum Gasteiger partial charge on any atom is -0.355 e. The fourth-order valence-corrected chi connectivity index (χ4v) is 17.5. The van der Waals surface area contributed by atoms with Crippen LogP contribution in [0.3, 0.4) is 0 Å². The minimum atomic E-state index is 1.16. The van der Waals surface area contributed by atoms with Crippen LogP contribution >= 0.6 is 38.6 Å². The average Bonchev–Trinajstić information content (AvgIpc) is 1.61. The van der Waals surface area contributed by atoms with Gasteiger partial charge in [0.1, 0.15) is 0 Å². The Morgan fingerprint density at radius 1 is 0.236 bits per heavy atom. The molecule has 2 nitrogen and oxygen atoms in total. The smallest absolute Gasteiger partial charge is 0.0640 e. The monoisotopic (exact) mass is 1230 g/mol. The second-order valence-corrected chi connectivity index (χ2v) is 26.0. The van der Waals surface area contributed by atoms with Crippen molar-refractivity contribution < 1.29 is 0 Å². The number of thiophene rings is 2. The van der Waals surface area contributed by atoms with Crippen LogP contribution in [0.1, 0.15) is 0 Å². The van der Waals surface area contributed by atoms with Crippen molar-refractivity contribution in [3.63, 3.8) is 0 Å². The highest BCUT2D eigenvalue weighted by molar-refractivity contribution is 9.10. The molecule has 0 aliphatic rings. The van der Waals surface area contributed by atoms with E-state index in [9.17, 15) is 0 Å². The maximum atomic E-state index is 3.75. The normalized spacial score (nSPS) is 11.9. The van der Waals surface area contributed by atoms with Crippen molar-refractivity contribution in [2.45, 2.75) is 0 Å². The third kappa shape index (κ3) is 8.27. The molecule has 20 rings (SSSR count). The Balaban J connectivity index is 0.000000114. The van der Waals surface area contributed by atoms with Crippen LogP contribution in [0.25, 0.3) is 177 Å². The quantitative estimate of drug-likeness (QED) is 0.170. The Morgan fingerprint density at radius 2 is 0.551 bits per heavy atom. The van der Waals surface area contributed by atoms with E-state index >= 15 is 0 Å². The number of halogens is 1. The van der Waals surface area contributed by atoms with Gasteiger partial charge in [-0.25, -0.2) is 0 Å². The number of H-pyrrole nitrogens is 1. The Morgan fingerprint density at radius 3 is 1.00 bits per heavy atom. The van der Waals surface area contributed by atoms with E-state index in [2.05, 4.69) is 329 Å². The van der Waals surface area contributed by atoms with E-state index in [1.165, 1.54) is 177 Å². The first-order valence-electron chi connectivity index (χ1n) is 30.2. The lowest BCUT2D eigenvalue weighted by Crippen LogP contribution is -1.93. The summed E-state index contributed by atoms with van der Waals surface area (Å²) in [4.78, 5) is 3.38. The maximum Gasteiger partial charge on any atom is 0.0640 e. The first-order chi connectivity index (χ1) is 44.1. The summed E-state index contributed by atoms with van der Waals surface area (Å²) < 4.78 is 8.93. The van der Waals surface area contributed by atoms with Crippen LogP contribution in [-0.2, 0) is 0 Å². The molecule has 0 saturated carbocycles. The zero-order valence-corrected chi connectivity index (χ0v) is 51.2. The molecule has 4 aromatic heterocycles. The van der Waals surface area contributed by atoms with Crippen LogP contribution in [0.2, 0.25) is 0 Å². The predicted octanol–water partition coefficient (Wildman–Crippen LogP) is 25.5. The molecule has 0 radical (unpaired) electrons. The molecule has 1 N–H and O–H groups in total. The van der Waals surface area contributed by atoms with Gasteiger partial charge in [-0.15, -0.1) is 22.7 Å². The highest BCUT2D eigenvalue weighted by atomic mass is 79.9. The van der Waals surface area contributed by atoms with Gasteiger partial charge in [-0.05, 0) is 151 Å². The van der Waals surface area contributed by atoms with Crippen molar-refractivity contribution in [1.29, 1.82) is 0 Å². The largest absolute Gasteiger partial charge is 0.355 e. The first-order valence-corrected chi connectivity index (χ1v) is 32.7. The fourth-order valence-electron chi connectivity index (χ4n) is 14.4. The van der Waals surface area contributed by atoms with Crippen LogP contribution in [0, 0.1) is 0 Å². The van der Waals surface area contributed by atoms with Crippen LogP contribution in [0.5, 0.6) is 0 Å². The summed E-state index contributed by atoms with van der Waals surface area (Å²) >= 11 is 7.54. The van der Waals surface area contributed by atoms with Gasteiger partial charge >= 0.3 is 0 Å². The van der Waals surface area contributed by atoms with Crippen molar-refractivity contribution in [1.82, 2.24) is 9.55 Å². The van der Waals surface area contributed by atoms with E-state index in [1.807, 2.05) is 22.7 Å². The van der Waals surface area contributed by atoms with Crippen LogP contribution in [-0.4, -0.2) is 9.55 Å². The van der Waals surface area contributed by atoms with Crippen molar-refractivity contribution in [3.8, 4) is 27.9 Å². The molecule has 0 aliphatic heterocycles. The second-order valence-electron chi connectivity index (χ2n) is 23.1. The fraction of sp³-hybridized carbons (Fsp3) is 0. The summed E-state index contributed by atoms with van der Waals surface area (Å²) in [6, 6.07) is 110. The molecule has 0 aliphatic carbocycles. The zero-order chi connectivity index (χ0) is 58.7. The van der Waals surface area contributed by atoms with Gasteiger partial charge in [0.2, 0.25) is 0 Å². The molecule has 20 aromatic rings. The van der Waals surface area contributed by atoms with Gasteiger partial charge in [-0.3, -0.25) is 0 Å². The lowest BCUT2D eigenvalue weighted by molar-refractivity contribution is 1.20. The van der Waals surface area contributed by atoms with Crippen molar-refractivity contribution >= 4 is 187 Å². The number of rotatable bonds is 3. The molecule has 0 amide bonds. The number of nitrogens with zero attached hydrogens (tertiary/aromatic N) is 1. The Kier molecular flexibility index (Phi) is 12.2. The number of hydrogen-bond acceptors (Lipinski definition) is 2. The average molecular weight is 1230 g/mol. The Hall–Kier alpha value is -10.4. The highest BCUT2D eigenvalue weighted by Gasteiger charge is 2.20. The predicted molar refractivity (Wildman–Crippen MR) is 392 cm³/mol. The van der Waals surface area contributed by atoms with E-state index in [1.54, 1.807) is 0 Å². The standard InChI is InChI=1S/C42H25NS.C30H17BrS.C12H9N/c1-2-13-30-28(11-1)29-12-3-4-14-31(29)37-25-26(23-24-32(30)37)27-17-9-18-35-36-19-10-22-40(42(36)44-41(27)35)43-38-20-7-5-15-33(38)34-16-6-8-21-39(34)43;31-28-14-6-13-26-25-12-5-11-19(29(25)32-30(26)28)18-15-16-24-22-9-2-1-7-20(22)21-8-3-4-10-23(21)27(24)17-18;1-3-7-11-9(5-1)10-6-2-4-8-12(10)13-11/h1-25H;1-17H;1-8,13H. The van der Waals surface area contributed by atoms with Gasteiger partial charge in [0.15, 0.2) is 0 Å². The Labute approximate surface area is 528 Å². The van der Waals surface area contributed by atoms with Gasteiger partial charge in [0.05, 0.1) is 21.4 Å². The summed E-state index contributed by atoms with van der Waals surface area (Å²) in [6.07, 6.45) is 0. The molecule has 0 saturated heterocycles. The molecule has 4 heterocycles. The number of hydrogen-bond donors (Lipinski definition) is 1. The Bertz CT molecular complexity index is 6100. The molecule has 5 heteroatoms. The van der Waals surface area contributed by atoms with Gasteiger partial charge in [0.25, 0.3) is 0 Å². The van der Waals surface area contributed by atoms with Crippen molar-refractivity contribution in [2.24, 2.45) is 0 Å². The molecule has 0 unspecified atom stereocenters. The van der Waals surface area contributed by atoms with Crippen molar-refractivity contribution in [2.75, 3.05) is 0 Å². The lowest BCUT2D eigenvalue weighted by Gasteiger charge is -2.12. The van der Waals surface area contributed by atoms with Crippen LogP contribution in [0.15, 0.2) is 308 Å². The van der Waals surface area contributed by atoms with E-state index in [0.29, 0.717) is 0 Å². The van der Waals surface area contributed by atoms with E-state index in [0.717, 1.165) is 4.47 Å². The maximum absolute atomic E-state index is 3.75. The lowest BCUT2D eigenvalue weighted by atomic mass is 9.92. The molecule has 416 valence electrons. The number of fused-ring (bicyclic) bond motifs is 24. The molecule has 0 bridgehead atoms. The van der Waals surface area contributed by atoms with Crippen LogP contribution in [0.4, 0.5) is 0 Å². The number of benzene rings is 16. The molecular weight excluding hydrogens is 1180 g/mol. The highest BCUT2D eigenvalue weighted by Crippen LogP contribution is 2.47. The summed E-state index contributed by atoms with van der Waals surface area (Å²) in [6.45, 7) is 0. The number of para-hydroxylation sites is 4. The van der Waals surface area contributed by atoms with Gasteiger partial charge in [0, 0.05) is 72.7 Å². The summed E-state index contributed by atoms with van der Waals surface area (Å²) in [5.41, 5.74) is 11.3. The molecule has 0 spiro atoms. The number of aromatic nitrogens is 2. The molecule has 89 heavy (non-hydrogen) atoms. The minimum absolute atomic E-state index is 1.16. The van der Waals surface area contributed by atoms with Gasteiger partial charge in [-0.2, -0.15) is 0 Å². The van der Waals surface area contributed by atoms with Crippen LogP contribution < -0.4 is 0 Å². The molecule has 16 aromatic carbocycles. The van der Waals surface area contributed by atoms with E-state index in [-0.39, 0.29) is 0 Å². The third-order valence-corrected chi connectivity index (χ3v) is 21.8. The SMILES string of the molecule is Brc1cccc2c1sc1c(-c3ccc4c5ccccc5c5ccccc5c4c3)cccc12.c1cc(-c2ccc3c4ccccc4c4ccccc4c3c2)c2sc3c(-n4c5ccccc5c5ccccc54)cccc3c2c1.c1ccc2c(c1)[nH]c1ccccc12. The first kappa shape index (κ1) is 51.8. The van der Waals surface area contributed by atoms with Gasteiger partial charge < -0.3 is 9.55 Å². The molecular formula is C84H51BrN2S2. The summed E-state index contributed by atoms with van der Waals surface area (Å²) in [5.74, 6) is 0. The topological polar surface area (TPSA) is 20.7 Å². The molecule has 0 atom stereocenters. The van der Waals surface area contributed by atoms with Gasteiger partial charge in [-0.1, -0.05) is 255 Å². The third-order valence-electron chi connectivity index (χ3n) is 18.3. The number of nitrogens with one attached hydrogen (secondary N) is 1. The molecule has 0 fully saturated rings. The second kappa shape index (κ2) is 20.9. The summed E-state index contributed by atoms with van der Waals surface area (Å²) in [7, 11) is 0. The number of aromatic amines is 1. The van der Waals surface area contributed by atoms with E-state index < -0.39 is 0 Å². The van der Waals surface area contributed by atoms with E-state index in [4.69, 9.17) is 0 Å². The van der Waals surface area contributed by atoms with Crippen molar-refractivity contribution in [3.05, 3.63) is 308 Å². The summed E-state index contributed by atoms with van der Waals surface area (Å²) in [5, 5.41) is 26.2. The zero-order valence-electron chi connectivity index (χ0n) is 48.0.